The minimum Gasteiger partial charge on any atom is -0.383 e. The SMILES string of the molecule is CCc1ccc(S(=O)(=O)NC(C)COC)cc1. The first-order valence-corrected chi connectivity index (χ1v) is 7.08. The zero-order valence-corrected chi connectivity index (χ0v) is 11.3. The third-order valence-electron chi connectivity index (χ3n) is 2.41. The van der Waals surface area contributed by atoms with Crippen molar-refractivity contribution in [3.8, 4) is 0 Å². The zero-order chi connectivity index (χ0) is 12.9. The van der Waals surface area contributed by atoms with Gasteiger partial charge in [0.1, 0.15) is 0 Å². The van der Waals surface area contributed by atoms with Crippen LogP contribution in [0.25, 0.3) is 0 Å². The number of methoxy groups -OCH3 is 1. The Hall–Kier alpha value is -0.910. The highest BCUT2D eigenvalue weighted by Crippen LogP contribution is 2.11. The second kappa shape index (κ2) is 6.14. The molecule has 1 aromatic rings. The van der Waals surface area contributed by atoms with Crippen LogP contribution in [0.3, 0.4) is 0 Å². The summed E-state index contributed by atoms with van der Waals surface area (Å²) in [6.07, 6.45) is 0.897. The van der Waals surface area contributed by atoms with E-state index in [2.05, 4.69) is 4.72 Å². The Balaban J connectivity index is 2.82. The van der Waals surface area contributed by atoms with Crippen molar-refractivity contribution in [1.82, 2.24) is 4.72 Å². The van der Waals surface area contributed by atoms with Gasteiger partial charge in [0.25, 0.3) is 0 Å². The lowest BCUT2D eigenvalue weighted by atomic mass is 10.2. The molecule has 1 unspecified atom stereocenters. The maximum atomic E-state index is 12.0. The van der Waals surface area contributed by atoms with E-state index in [-0.39, 0.29) is 10.9 Å². The molecule has 1 aromatic carbocycles. The van der Waals surface area contributed by atoms with Crippen molar-refractivity contribution in [1.29, 1.82) is 0 Å². The van der Waals surface area contributed by atoms with Gasteiger partial charge in [-0.25, -0.2) is 13.1 Å². The fourth-order valence-corrected chi connectivity index (χ4v) is 2.75. The Morgan fingerprint density at radius 3 is 2.35 bits per heavy atom. The first-order valence-electron chi connectivity index (χ1n) is 5.59. The molecule has 0 fully saturated rings. The zero-order valence-electron chi connectivity index (χ0n) is 10.4. The molecule has 1 atom stereocenters. The van der Waals surface area contributed by atoms with E-state index in [0.29, 0.717) is 6.61 Å². The summed E-state index contributed by atoms with van der Waals surface area (Å²) in [7, 11) is -1.89. The van der Waals surface area contributed by atoms with E-state index >= 15 is 0 Å². The predicted octanol–water partition coefficient (Wildman–Crippen LogP) is 1.56. The number of hydrogen-bond acceptors (Lipinski definition) is 3. The van der Waals surface area contributed by atoms with Gasteiger partial charge in [-0.3, -0.25) is 0 Å². The average molecular weight is 257 g/mol. The molecule has 0 aliphatic heterocycles. The Morgan fingerprint density at radius 1 is 1.29 bits per heavy atom. The number of sulfonamides is 1. The van der Waals surface area contributed by atoms with E-state index in [1.807, 2.05) is 19.1 Å². The number of rotatable bonds is 6. The van der Waals surface area contributed by atoms with E-state index in [1.165, 1.54) is 0 Å². The number of ether oxygens (including phenoxy) is 1. The molecule has 0 aromatic heterocycles. The molecule has 0 aliphatic carbocycles. The summed E-state index contributed by atoms with van der Waals surface area (Å²) < 4.78 is 31.4. The molecule has 5 heteroatoms. The molecule has 4 nitrogen and oxygen atoms in total. The molecule has 1 rings (SSSR count). The number of nitrogens with one attached hydrogen (secondary N) is 1. The molecular formula is C12H19NO3S. The summed E-state index contributed by atoms with van der Waals surface area (Å²) in [5.41, 5.74) is 1.12. The largest absolute Gasteiger partial charge is 0.383 e. The van der Waals surface area contributed by atoms with Crippen LogP contribution in [-0.4, -0.2) is 28.2 Å². The average Bonchev–Trinajstić information content (AvgIpc) is 2.28. The molecule has 0 amide bonds. The van der Waals surface area contributed by atoms with Crippen LogP contribution in [0.1, 0.15) is 19.4 Å². The minimum absolute atomic E-state index is 0.240. The summed E-state index contributed by atoms with van der Waals surface area (Å²) in [4.78, 5) is 0.289. The van der Waals surface area contributed by atoms with E-state index in [1.54, 1.807) is 26.2 Å². The molecule has 96 valence electrons. The van der Waals surface area contributed by atoms with Gasteiger partial charge in [0.05, 0.1) is 11.5 Å². The second-order valence-corrected chi connectivity index (χ2v) is 5.69. The smallest absolute Gasteiger partial charge is 0.240 e. The lowest BCUT2D eigenvalue weighted by molar-refractivity contribution is 0.180. The van der Waals surface area contributed by atoms with E-state index in [4.69, 9.17) is 4.74 Å². The quantitative estimate of drug-likeness (QED) is 0.841. The number of hydrogen-bond donors (Lipinski definition) is 1. The van der Waals surface area contributed by atoms with Gasteiger partial charge in [-0.05, 0) is 31.0 Å². The summed E-state index contributed by atoms with van der Waals surface area (Å²) in [6.45, 7) is 4.15. The lowest BCUT2D eigenvalue weighted by Crippen LogP contribution is -2.35. The van der Waals surface area contributed by atoms with Gasteiger partial charge in [-0.1, -0.05) is 19.1 Å². The van der Waals surface area contributed by atoms with Gasteiger partial charge >= 0.3 is 0 Å². The van der Waals surface area contributed by atoms with Gasteiger partial charge in [0.2, 0.25) is 10.0 Å². The van der Waals surface area contributed by atoms with Crippen molar-refractivity contribution in [2.24, 2.45) is 0 Å². The highest BCUT2D eigenvalue weighted by Gasteiger charge is 2.16. The predicted molar refractivity (Wildman–Crippen MR) is 67.5 cm³/mol. The maximum Gasteiger partial charge on any atom is 0.240 e. The molecule has 0 saturated heterocycles. The number of aryl methyl sites for hydroxylation is 1. The molecule has 0 spiro atoms. The van der Waals surface area contributed by atoms with Crippen LogP contribution >= 0.6 is 0 Å². The van der Waals surface area contributed by atoms with Crippen molar-refractivity contribution < 1.29 is 13.2 Å². The van der Waals surface area contributed by atoms with E-state index < -0.39 is 10.0 Å². The standard InChI is InChI=1S/C12H19NO3S/c1-4-11-5-7-12(8-6-11)17(14,15)13-10(2)9-16-3/h5-8,10,13H,4,9H2,1-3H3. The first-order chi connectivity index (χ1) is 7.99. The van der Waals surface area contributed by atoms with Crippen molar-refractivity contribution in [2.45, 2.75) is 31.2 Å². The van der Waals surface area contributed by atoms with Gasteiger partial charge in [-0.15, -0.1) is 0 Å². The number of benzene rings is 1. The normalized spacial score (nSPS) is 13.6. The van der Waals surface area contributed by atoms with Crippen LogP contribution in [0.2, 0.25) is 0 Å². The van der Waals surface area contributed by atoms with Gasteiger partial charge in [0.15, 0.2) is 0 Å². The Labute approximate surface area is 103 Å². The molecule has 0 aliphatic rings. The molecular weight excluding hydrogens is 238 g/mol. The van der Waals surface area contributed by atoms with Crippen LogP contribution in [0.15, 0.2) is 29.2 Å². The van der Waals surface area contributed by atoms with Crippen LogP contribution in [0, 0.1) is 0 Å². The summed E-state index contributed by atoms with van der Waals surface area (Å²) >= 11 is 0. The highest BCUT2D eigenvalue weighted by molar-refractivity contribution is 7.89. The fraction of sp³-hybridized carbons (Fsp3) is 0.500. The van der Waals surface area contributed by atoms with E-state index in [9.17, 15) is 8.42 Å². The summed E-state index contributed by atoms with van der Waals surface area (Å²) in [6, 6.07) is 6.67. The molecule has 0 radical (unpaired) electrons. The molecule has 0 bridgehead atoms. The van der Waals surface area contributed by atoms with Crippen molar-refractivity contribution in [2.75, 3.05) is 13.7 Å². The van der Waals surface area contributed by atoms with Crippen LogP contribution in [-0.2, 0) is 21.2 Å². The van der Waals surface area contributed by atoms with Crippen molar-refractivity contribution in [3.05, 3.63) is 29.8 Å². The fourth-order valence-electron chi connectivity index (χ4n) is 1.52. The molecule has 1 N–H and O–H groups in total. The van der Waals surface area contributed by atoms with Crippen molar-refractivity contribution >= 4 is 10.0 Å². The topological polar surface area (TPSA) is 55.4 Å². The Bertz CT molecular complexity index is 439. The minimum atomic E-state index is -3.44. The first kappa shape index (κ1) is 14.2. The third-order valence-corrected chi connectivity index (χ3v) is 4.02. The van der Waals surface area contributed by atoms with Gasteiger partial charge < -0.3 is 4.74 Å². The third kappa shape index (κ3) is 4.11. The highest BCUT2D eigenvalue weighted by atomic mass is 32.2. The Morgan fingerprint density at radius 2 is 1.88 bits per heavy atom. The van der Waals surface area contributed by atoms with Gasteiger partial charge in [-0.2, -0.15) is 0 Å². The van der Waals surface area contributed by atoms with Gasteiger partial charge in [0, 0.05) is 13.2 Å². The maximum absolute atomic E-state index is 12.0. The Kier molecular flexibility index (Phi) is 5.11. The lowest BCUT2D eigenvalue weighted by Gasteiger charge is -2.13. The molecule has 0 saturated carbocycles. The van der Waals surface area contributed by atoms with E-state index in [0.717, 1.165) is 12.0 Å². The molecule has 17 heavy (non-hydrogen) atoms. The second-order valence-electron chi connectivity index (χ2n) is 3.98. The van der Waals surface area contributed by atoms with Crippen LogP contribution in [0.4, 0.5) is 0 Å². The molecule has 0 heterocycles. The van der Waals surface area contributed by atoms with Crippen LogP contribution < -0.4 is 4.72 Å². The summed E-state index contributed by atoms with van der Waals surface area (Å²) in [5.74, 6) is 0. The van der Waals surface area contributed by atoms with Crippen molar-refractivity contribution in [3.63, 3.8) is 0 Å². The van der Waals surface area contributed by atoms with Crippen LogP contribution in [0.5, 0.6) is 0 Å². The monoisotopic (exact) mass is 257 g/mol. The summed E-state index contributed by atoms with van der Waals surface area (Å²) in [5, 5.41) is 0.